The molecule has 3 heteroatoms. The minimum absolute atomic E-state index is 0.753. The van der Waals surface area contributed by atoms with E-state index in [9.17, 15) is 0 Å². The van der Waals surface area contributed by atoms with E-state index in [1.54, 1.807) is 14.2 Å². The first-order valence-corrected chi connectivity index (χ1v) is 5.52. The van der Waals surface area contributed by atoms with E-state index in [1.165, 1.54) is 5.56 Å². The lowest BCUT2D eigenvalue weighted by Gasteiger charge is -2.21. The Labute approximate surface area is 98.0 Å². The van der Waals surface area contributed by atoms with Crippen LogP contribution >= 0.6 is 0 Å². The van der Waals surface area contributed by atoms with Crippen LogP contribution in [0, 0.1) is 6.07 Å². The van der Waals surface area contributed by atoms with Gasteiger partial charge < -0.3 is 9.47 Å². The molecule has 16 heavy (non-hydrogen) atoms. The van der Waals surface area contributed by atoms with Crippen molar-refractivity contribution in [2.24, 2.45) is 0 Å². The molecule has 0 spiro atoms. The molecule has 0 amide bonds. The number of hydrogen-bond acceptors (Lipinski definition) is 3. The summed E-state index contributed by atoms with van der Waals surface area (Å²) < 4.78 is 10.2. The highest BCUT2D eigenvalue weighted by Crippen LogP contribution is 2.03. The van der Waals surface area contributed by atoms with Crippen LogP contribution in [0.5, 0.6) is 0 Å². The van der Waals surface area contributed by atoms with Crippen LogP contribution in [0.1, 0.15) is 5.56 Å². The number of ether oxygens (including phenoxy) is 2. The third kappa shape index (κ3) is 5.26. The van der Waals surface area contributed by atoms with E-state index in [0.29, 0.717) is 0 Å². The Morgan fingerprint density at radius 1 is 1.06 bits per heavy atom. The van der Waals surface area contributed by atoms with Crippen molar-refractivity contribution < 1.29 is 9.47 Å². The maximum atomic E-state index is 5.10. The molecule has 0 saturated heterocycles. The Bertz CT molecular complexity index is 256. The van der Waals surface area contributed by atoms with Gasteiger partial charge in [-0.25, -0.2) is 0 Å². The Morgan fingerprint density at radius 3 is 2.12 bits per heavy atom. The topological polar surface area (TPSA) is 21.7 Å². The summed E-state index contributed by atoms with van der Waals surface area (Å²) in [6.07, 6.45) is 0. The smallest absolute Gasteiger partial charge is 0.0589 e. The van der Waals surface area contributed by atoms with Crippen molar-refractivity contribution in [2.75, 3.05) is 40.5 Å². The maximum Gasteiger partial charge on any atom is 0.0589 e. The predicted octanol–water partition coefficient (Wildman–Crippen LogP) is 1.58. The molecule has 1 radical (unpaired) electrons. The van der Waals surface area contributed by atoms with E-state index in [1.807, 2.05) is 12.1 Å². The summed E-state index contributed by atoms with van der Waals surface area (Å²) in [7, 11) is 3.46. The highest BCUT2D eigenvalue weighted by atomic mass is 16.5. The van der Waals surface area contributed by atoms with Crippen molar-refractivity contribution in [2.45, 2.75) is 6.54 Å². The van der Waals surface area contributed by atoms with Gasteiger partial charge in [0.05, 0.1) is 13.2 Å². The molecule has 0 atom stereocenters. The van der Waals surface area contributed by atoms with Gasteiger partial charge in [0, 0.05) is 33.9 Å². The van der Waals surface area contributed by atoms with Gasteiger partial charge in [0.15, 0.2) is 0 Å². The number of nitrogens with zero attached hydrogens (tertiary/aromatic N) is 1. The van der Waals surface area contributed by atoms with Crippen LogP contribution in [0.4, 0.5) is 0 Å². The zero-order valence-corrected chi connectivity index (χ0v) is 10.1. The maximum absolute atomic E-state index is 5.10. The largest absolute Gasteiger partial charge is 0.383 e. The number of benzene rings is 1. The molecule has 0 saturated carbocycles. The van der Waals surface area contributed by atoms with E-state index in [2.05, 4.69) is 23.1 Å². The first-order valence-electron chi connectivity index (χ1n) is 5.52. The second-order valence-corrected chi connectivity index (χ2v) is 3.67. The lowest BCUT2D eigenvalue weighted by Crippen LogP contribution is -2.30. The molecule has 1 aromatic rings. The third-order valence-corrected chi connectivity index (χ3v) is 2.42. The van der Waals surface area contributed by atoms with E-state index in [-0.39, 0.29) is 0 Å². The van der Waals surface area contributed by atoms with Crippen LogP contribution in [-0.2, 0) is 16.0 Å². The van der Waals surface area contributed by atoms with Crippen molar-refractivity contribution in [1.29, 1.82) is 0 Å². The number of rotatable bonds is 8. The van der Waals surface area contributed by atoms with E-state index >= 15 is 0 Å². The molecule has 89 valence electrons. The van der Waals surface area contributed by atoms with Crippen molar-refractivity contribution in [1.82, 2.24) is 4.90 Å². The molecule has 0 aliphatic heterocycles. The Morgan fingerprint density at radius 2 is 1.62 bits per heavy atom. The molecule has 1 aromatic carbocycles. The second kappa shape index (κ2) is 8.28. The SMILES string of the molecule is COCCN(CCOC)Cc1cc[c]cc1. The zero-order chi connectivity index (χ0) is 11.6. The zero-order valence-electron chi connectivity index (χ0n) is 10.1. The lowest BCUT2D eigenvalue weighted by molar-refractivity contribution is 0.110. The first kappa shape index (κ1) is 13.2. The van der Waals surface area contributed by atoms with Crippen LogP contribution in [-0.4, -0.2) is 45.4 Å². The van der Waals surface area contributed by atoms with Crippen LogP contribution in [0.2, 0.25) is 0 Å². The van der Waals surface area contributed by atoms with Gasteiger partial charge in [0.1, 0.15) is 0 Å². The van der Waals surface area contributed by atoms with Crippen molar-refractivity contribution >= 4 is 0 Å². The fourth-order valence-electron chi connectivity index (χ4n) is 1.50. The molecule has 0 aliphatic carbocycles. The fraction of sp³-hybridized carbons (Fsp3) is 0.538. The minimum Gasteiger partial charge on any atom is -0.383 e. The quantitative estimate of drug-likeness (QED) is 0.666. The third-order valence-electron chi connectivity index (χ3n) is 2.42. The summed E-state index contributed by atoms with van der Waals surface area (Å²) in [5.74, 6) is 0. The van der Waals surface area contributed by atoms with Crippen LogP contribution < -0.4 is 0 Å². The fourth-order valence-corrected chi connectivity index (χ4v) is 1.50. The van der Waals surface area contributed by atoms with E-state index in [4.69, 9.17) is 9.47 Å². The molecule has 0 heterocycles. The summed E-state index contributed by atoms with van der Waals surface area (Å²) in [5, 5.41) is 0. The molecule has 0 aromatic heterocycles. The molecule has 0 N–H and O–H groups in total. The number of hydrogen-bond donors (Lipinski definition) is 0. The number of methoxy groups -OCH3 is 2. The van der Waals surface area contributed by atoms with Crippen molar-refractivity contribution in [3.05, 3.63) is 35.9 Å². The molecular formula is C13H20NO2. The lowest BCUT2D eigenvalue weighted by atomic mass is 10.2. The molecular weight excluding hydrogens is 202 g/mol. The van der Waals surface area contributed by atoms with E-state index in [0.717, 1.165) is 32.8 Å². The van der Waals surface area contributed by atoms with Gasteiger partial charge >= 0.3 is 0 Å². The molecule has 0 bridgehead atoms. The van der Waals surface area contributed by atoms with Crippen LogP contribution in [0.25, 0.3) is 0 Å². The standard InChI is InChI=1S/C13H20NO2/c1-15-10-8-14(9-11-16-2)12-13-6-4-3-5-7-13/h4-7H,8-12H2,1-2H3. The predicted molar refractivity (Wildman–Crippen MR) is 64.3 cm³/mol. The summed E-state index contributed by atoms with van der Waals surface area (Å²) in [5.41, 5.74) is 1.30. The average Bonchev–Trinajstić information content (AvgIpc) is 2.34. The average molecular weight is 222 g/mol. The Kier molecular flexibility index (Phi) is 6.81. The van der Waals surface area contributed by atoms with Gasteiger partial charge in [-0.2, -0.15) is 0 Å². The van der Waals surface area contributed by atoms with Gasteiger partial charge in [0.25, 0.3) is 0 Å². The first-order chi connectivity index (χ1) is 7.86. The normalized spacial score (nSPS) is 10.9. The minimum atomic E-state index is 0.753. The van der Waals surface area contributed by atoms with Crippen molar-refractivity contribution in [3.8, 4) is 0 Å². The molecule has 0 aliphatic rings. The van der Waals surface area contributed by atoms with Gasteiger partial charge in [-0.1, -0.05) is 24.3 Å². The monoisotopic (exact) mass is 222 g/mol. The van der Waals surface area contributed by atoms with Gasteiger partial charge in [-0.05, 0) is 11.6 Å². The molecule has 1 rings (SSSR count). The Balaban J connectivity index is 2.42. The van der Waals surface area contributed by atoms with Crippen LogP contribution in [0.15, 0.2) is 24.3 Å². The molecule has 0 unspecified atom stereocenters. The second-order valence-electron chi connectivity index (χ2n) is 3.67. The van der Waals surface area contributed by atoms with Crippen LogP contribution in [0.3, 0.4) is 0 Å². The van der Waals surface area contributed by atoms with Gasteiger partial charge in [0.2, 0.25) is 0 Å². The van der Waals surface area contributed by atoms with Gasteiger partial charge in [-0.3, -0.25) is 4.90 Å². The summed E-state index contributed by atoms with van der Waals surface area (Å²) in [6.45, 7) is 4.30. The molecule has 0 fully saturated rings. The molecule has 3 nitrogen and oxygen atoms in total. The summed E-state index contributed by atoms with van der Waals surface area (Å²) in [4.78, 5) is 2.32. The highest BCUT2D eigenvalue weighted by molar-refractivity contribution is 5.13. The van der Waals surface area contributed by atoms with E-state index < -0.39 is 0 Å². The summed E-state index contributed by atoms with van der Waals surface area (Å²) in [6, 6.07) is 11.1. The highest BCUT2D eigenvalue weighted by Gasteiger charge is 2.04. The van der Waals surface area contributed by atoms with Crippen molar-refractivity contribution in [3.63, 3.8) is 0 Å². The van der Waals surface area contributed by atoms with Gasteiger partial charge in [-0.15, -0.1) is 0 Å². The Hall–Kier alpha value is -0.900. The summed E-state index contributed by atoms with van der Waals surface area (Å²) >= 11 is 0.